The number of rotatable bonds is 5. The van der Waals surface area contributed by atoms with E-state index in [1.54, 1.807) is 48.7 Å². The van der Waals surface area contributed by atoms with Crippen molar-refractivity contribution in [2.24, 2.45) is 4.99 Å². The van der Waals surface area contributed by atoms with Gasteiger partial charge in [0.15, 0.2) is 0 Å². The average Bonchev–Trinajstić information content (AvgIpc) is 3.06. The molecule has 4 aromatic rings. The zero-order chi connectivity index (χ0) is 20.4. The van der Waals surface area contributed by atoms with E-state index in [0.717, 1.165) is 5.56 Å². The number of aliphatic imine (C=N–C) groups is 1. The molecule has 0 aliphatic rings. The molecule has 0 aliphatic carbocycles. The van der Waals surface area contributed by atoms with Crippen LogP contribution in [0, 0.1) is 5.82 Å². The number of hydrogen-bond acceptors (Lipinski definition) is 3. The largest absolute Gasteiger partial charge is 0.487 e. The van der Waals surface area contributed by atoms with Crippen molar-refractivity contribution in [3.63, 3.8) is 0 Å². The molecule has 5 nitrogen and oxygen atoms in total. The zero-order valence-corrected chi connectivity index (χ0v) is 16.4. The van der Waals surface area contributed by atoms with E-state index < -0.39 is 0 Å². The number of ether oxygens (including phenoxy) is 1. The van der Waals surface area contributed by atoms with Crippen LogP contribution in [-0.2, 0) is 6.61 Å². The number of halogens is 3. The summed E-state index contributed by atoms with van der Waals surface area (Å²) in [7, 11) is 0. The van der Waals surface area contributed by atoms with Crippen molar-refractivity contribution in [3.8, 4) is 5.75 Å². The van der Waals surface area contributed by atoms with Crippen LogP contribution < -0.4 is 10.4 Å². The maximum Gasteiger partial charge on any atom is 0.323 e. The van der Waals surface area contributed by atoms with Gasteiger partial charge >= 0.3 is 5.69 Å². The Morgan fingerprint density at radius 1 is 1.00 bits per heavy atom. The highest BCUT2D eigenvalue weighted by Crippen LogP contribution is 2.32. The molecule has 0 radical (unpaired) electrons. The minimum absolute atomic E-state index is 0.207. The van der Waals surface area contributed by atoms with Crippen LogP contribution in [0.4, 0.5) is 10.1 Å². The molecule has 0 unspecified atom stereocenters. The highest BCUT2D eigenvalue weighted by atomic mass is 35.5. The Hall–Kier alpha value is -3.09. The van der Waals surface area contributed by atoms with Crippen LogP contribution >= 0.6 is 23.2 Å². The first-order chi connectivity index (χ1) is 14.0. The second-order valence-electron chi connectivity index (χ2n) is 6.29. The first-order valence-corrected chi connectivity index (χ1v) is 9.36. The van der Waals surface area contributed by atoms with Crippen molar-refractivity contribution in [1.82, 2.24) is 9.97 Å². The number of imidazole rings is 1. The van der Waals surface area contributed by atoms with Crippen molar-refractivity contribution in [3.05, 3.63) is 92.1 Å². The minimum Gasteiger partial charge on any atom is -0.487 e. The van der Waals surface area contributed by atoms with Crippen molar-refractivity contribution in [2.45, 2.75) is 6.61 Å². The Kier molecular flexibility index (Phi) is 5.38. The first kappa shape index (κ1) is 19.2. The summed E-state index contributed by atoms with van der Waals surface area (Å²) in [4.78, 5) is 21.2. The Bertz CT molecular complexity index is 1260. The van der Waals surface area contributed by atoms with Crippen molar-refractivity contribution >= 4 is 46.1 Å². The van der Waals surface area contributed by atoms with Crippen LogP contribution in [0.3, 0.4) is 0 Å². The Labute approximate surface area is 174 Å². The molecule has 2 N–H and O–H groups in total. The van der Waals surface area contributed by atoms with Gasteiger partial charge in [-0.25, -0.2) is 9.18 Å². The Balaban J connectivity index is 1.61. The minimum atomic E-state index is -0.313. The Morgan fingerprint density at radius 2 is 1.76 bits per heavy atom. The molecular formula is C21H14Cl2FN3O2. The monoisotopic (exact) mass is 429 g/mol. The van der Waals surface area contributed by atoms with Gasteiger partial charge in [0.05, 0.1) is 21.7 Å². The van der Waals surface area contributed by atoms with Gasteiger partial charge in [0.25, 0.3) is 0 Å². The van der Waals surface area contributed by atoms with Gasteiger partial charge in [-0.15, -0.1) is 0 Å². The lowest BCUT2D eigenvalue weighted by molar-refractivity contribution is 0.306. The molecule has 1 heterocycles. The summed E-state index contributed by atoms with van der Waals surface area (Å²) in [6, 6.07) is 14.6. The van der Waals surface area contributed by atoms with E-state index in [4.69, 9.17) is 27.9 Å². The van der Waals surface area contributed by atoms with Crippen molar-refractivity contribution < 1.29 is 9.13 Å². The van der Waals surface area contributed by atoms with Gasteiger partial charge in [0.1, 0.15) is 18.2 Å². The molecule has 0 atom stereocenters. The molecule has 0 spiro atoms. The molecule has 4 rings (SSSR count). The lowest BCUT2D eigenvalue weighted by Gasteiger charge is -2.12. The molecule has 146 valence electrons. The van der Waals surface area contributed by atoms with Crippen molar-refractivity contribution in [2.75, 3.05) is 0 Å². The van der Waals surface area contributed by atoms with E-state index in [1.807, 2.05) is 0 Å². The standard InChI is InChI=1S/C21H14Cl2FN3O2/c22-14-7-13(10-25-16-5-6-18-19(9-16)27-21(28)26-18)20(17(23)8-14)29-11-12-1-3-15(24)4-2-12/h1-10H,11H2,(H2,26,27,28). The maximum atomic E-state index is 13.1. The highest BCUT2D eigenvalue weighted by Gasteiger charge is 2.10. The summed E-state index contributed by atoms with van der Waals surface area (Å²) in [6.07, 6.45) is 1.59. The molecule has 0 saturated carbocycles. The fourth-order valence-corrected chi connectivity index (χ4v) is 3.37. The third-order valence-corrected chi connectivity index (χ3v) is 4.68. The topological polar surface area (TPSA) is 70.2 Å². The third-order valence-electron chi connectivity index (χ3n) is 4.19. The molecule has 0 aliphatic heterocycles. The summed E-state index contributed by atoms with van der Waals surface area (Å²) in [5.41, 5.74) is 3.09. The molecule has 3 aromatic carbocycles. The van der Waals surface area contributed by atoms with Gasteiger partial charge in [-0.3, -0.25) is 4.99 Å². The van der Waals surface area contributed by atoms with Crippen LogP contribution in [0.25, 0.3) is 11.0 Å². The molecule has 0 amide bonds. The van der Waals surface area contributed by atoms with E-state index in [1.165, 1.54) is 12.1 Å². The number of benzene rings is 3. The van der Waals surface area contributed by atoms with Gasteiger partial charge in [-0.2, -0.15) is 0 Å². The number of H-pyrrole nitrogens is 2. The predicted molar refractivity (Wildman–Crippen MR) is 113 cm³/mol. The van der Waals surface area contributed by atoms with Gasteiger partial charge < -0.3 is 14.7 Å². The van der Waals surface area contributed by atoms with Crippen LogP contribution in [0.2, 0.25) is 10.0 Å². The maximum absolute atomic E-state index is 13.1. The molecule has 1 aromatic heterocycles. The number of fused-ring (bicyclic) bond motifs is 1. The first-order valence-electron chi connectivity index (χ1n) is 8.60. The van der Waals surface area contributed by atoms with Gasteiger partial charge in [0, 0.05) is 16.8 Å². The molecule has 29 heavy (non-hydrogen) atoms. The van der Waals surface area contributed by atoms with Crippen LogP contribution in [0.15, 0.2) is 64.4 Å². The summed E-state index contributed by atoms with van der Waals surface area (Å²) in [6.45, 7) is 0.207. The van der Waals surface area contributed by atoms with E-state index in [0.29, 0.717) is 38.1 Å². The van der Waals surface area contributed by atoms with E-state index in [2.05, 4.69) is 15.0 Å². The predicted octanol–water partition coefficient (Wildman–Crippen LogP) is 5.63. The lowest BCUT2D eigenvalue weighted by atomic mass is 10.2. The van der Waals surface area contributed by atoms with Crippen LogP contribution in [0.1, 0.15) is 11.1 Å². The third kappa shape index (κ3) is 4.50. The number of nitrogens with one attached hydrogen (secondary N) is 2. The SMILES string of the molecule is O=c1[nH]c2ccc(N=Cc3cc(Cl)cc(Cl)c3OCc3ccc(F)cc3)cc2[nH]1. The highest BCUT2D eigenvalue weighted by molar-refractivity contribution is 6.36. The fraction of sp³-hybridized carbons (Fsp3) is 0.0476. The normalized spacial score (nSPS) is 11.4. The lowest BCUT2D eigenvalue weighted by Crippen LogP contribution is -1.99. The molecule has 8 heteroatoms. The number of hydrogen-bond donors (Lipinski definition) is 2. The molecule has 0 fully saturated rings. The molecule has 0 saturated heterocycles. The number of aromatic nitrogens is 2. The summed E-state index contributed by atoms with van der Waals surface area (Å²) in [5.74, 6) is 0.104. The van der Waals surface area contributed by atoms with Gasteiger partial charge in [-0.1, -0.05) is 35.3 Å². The van der Waals surface area contributed by atoms with Crippen LogP contribution in [-0.4, -0.2) is 16.2 Å². The second-order valence-corrected chi connectivity index (χ2v) is 7.13. The molecular weight excluding hydrogens is 416 g/mol. The van der Waals surface area contributed by atoms with Crippen LogP contribution in [0.5, 0.6) is 5.75 Å². The van der Waals surface area contributed by atoms with Gasteiger partial charge in [0.2, 0.25) is 0 Å². The summed E-state index contributed by atoms with van der Waals surface area (Å²) < 4.78 is 18.9. The smallest absolute Gasteiger partial charge is 0.323 e. The van der Waals surface area contributed by atoms with E-state index in [9.17, 15) is 9.18 Å². The number of aromatic amines is 2. The quantitative estimate of drug-likeness (QED) is 0.403. The zero-order valence-electron chi connectivity index (χ0n) is 14.9. The fourth-order valence-electron chi connectivity index (χ4n) is 2.81. The van der Waals surface area contributed by atoms with E-state index >= 15 is 0 Å². The van der Waals surface area contributed by atoms with E-state index in [-0.39, 0.29) is 18.1 Å². The number of nitrogens with zero attached hydrogens (tertiary/aromatic N) is 1. The summed E-state index contributed by atoms with van der Waals surface area (Å²) in [5, 5.41) is 0.780. The summed E-state index contributed by atoms with van der Waals surface area (Å²) >= 11 is 12.4. The Morgan fingerprint density at radius 3 is 2.55 bits per heavy atom. The van der Waals surface area contributed by atoms with Crippen molar-refractivity contribution in [1.29, 1.82) is 0 Å². The van der Waals surface area contributed by atoms with Gasteiger partial charge in [-0.05, 0) is 48.0 Å². The molecule has 0 bridgehead atoms. The average molecular weight is 430 g/mol. The second kappa shape index (κ2) is 8.11.